The Kier molecular flexibility index (Phi) is 4.86. The second-order valence-electron chi connectivity index (χ2n) is 4.71. The van der Waals surface area contributed by atoms with E-state index in [-0.39, 0.29) is 0 Å². The Morgan fingerprint density at radius 1 is 1.41 bits per heavy atom. The molecule has 1 aromatic rings. The third-order valence-electron chi connectivity index (χ3n) is 3.30. The van der Waals surface area contributed by atoms with E-state index in [1.165, 1.54) is 31.5 Å². The van der Waals surface area contributed by atoms with Gasteiger partial charge in [-0.15, -0.1) is 0 Å². The lowest BCUT2D eigenvalue weighted by molar-refractivity contribution is 0.234. The highest BCUT2D eigenvalue weighted by atomic mass is 79.9. The number of hydrogen-bond acceptors (Lipinski definition) is 2. The van der Waals surface area contributed by atoms with E-state index >= 15 is 0 Å². The topological polar surface area (TPSA) is 15.3 Å². The van der Waals surface area contributed by atoms with Crippen LogP contribution < -0.4 is 5.32 Å². The smallest absolute Gasteiger partial charge is 0.0551 e. The summed E-state index contributed by atoms with van der Waals surface area (Å²) < 4.78 is 0.960. The van der Waals surface area contributed by atoms with Crippen molar-refractivity contribution in [3.8, 4) is 0 Å². The van der Waals surface area contributed by atoms with Crippen molar-refractivity contribution in [2.45, 2.75) is 25.4 Å². The average molecular weight is 318 g/mol. The third-order valence-corrected chi connectivity index (χ3v) is 4.53. The highest BCUT2D eigenvalue weighted by Crippen LogP contribution is 2.23. The van der Waals surface area contributed by atoms with Gasteiger partial charge in [0, 0.05) is 17.1 Å². The summed E-state index contributed by atoms with van der Waals surface area (Å²) in [6.45, 7) is 3.29. The number of rotatable bonds is 3. The molecule has 17 heavy (non-hydrogen) atoms. The molecule has 1 aliphatic heterocycles. The second-order valence-corrected chi connectivity index (χ2v) is 5.97. The van der Waals surface area contributed by atoms with Gasteiger partial charge in [0.2, 0.25) is 0 Å². The number of likely N-dealkylation sites (tertiary alicyclic amines) is 1. The lowest BCUT2D eigenvalue weighted by Crippen LogP contribution is -2.40. The first-order valence-corrected chi connectivity index (χ1v) is 7.18. The maximum Gasteiger partial charge on any atom is 0.0551 e. The molecule has 0 aliphatic carbocycles. The molecular weight excluding hydrogens is 300 g/mol. The highest BCUT2D eigenvalue weighted by Gasteiger charge is 2.15. The van der Waals surface area contributed by atoms with Gasteiger partial charge in [-0.05, 0) is 66.6 Å². The summed E-state index contributed by atoms with van der Waals surface area (Å²) in [5.74, 6) is 0. The zero-order chi connectivity index (χ0) is 12.3. The number of benzene rings is 1. The average Bonchev–Trinajstić information content (AvgIpc) is 2.33. The van der Waals surface area contributed by atoms with Gasteiger partial charge in [0.15, 0.2) is 0 Å². The van der Waals surface area contributed by atoms with Crippen molar-refractivity contribution in [1.82, 2.24) is 10.2 Å². The minimum absolute atomic E-state index is 0.647. The molecule has 2 nitrogen and oxygen atoms in total. The van der Waals surface area contributed by atoms with Crippen molar-refractivity contribution >= 4 is 27.5 Å². The molecule has 0 saturated carbocycles. The fourth-order valence-electron chi connectivity index (χ4n) is 2.12. The standard InChI is InChI=1S/C13H18BrClN2/c1-17-6-4-11(5-7-17)16-9-10-2-3-12(14)13(15)8-10/h2-3,8,11,16H,4-7,9H2,1H3. The Labute approximate surface area is 116 Å². The first kappa shape index (κ1) is 13.3. The molecule has 2 rings (SSSR count). The van der Waals surface area contributed by atoms with Crippen molar-refractivity contribution < 1.29 is 0 Å². The largest absolute Gasteiger partial charge is 0.310 e. The molecule has 1 N–H and O–H groups in total. The predicted molar refractivity (Wildman–Crippen MR) is 76.5 cm³/mol. The first-order valence-electron chi connectivity index (χ1n) is 6.01. The summed E-state index contributed by atoms with van der Waals surface area (Å²) in [4.78, 5) is 2.38. The van der Waals surface area contributed by atoms with Gasteiger partial charge in [-0.2, -0.15) is 0 Å². The zero-order valence-corrected chi connectivity index (χ0v) is 12.4. The van der Waals surface area contributed by atoms with E-state index < -0.39 is 0 Å². The van der Waals surface area contributed by atoms with Crippen LogP contribution in [0.2, 0.25) is 5.02 Å². The van der Waals surface area contributed by atoms with Gasteiger partial charge < -0.3 is 10.2 Å². The van der Waals surface area contributed by atoms with Crippen molar-refractivity contribution in [1.29, 1.82) is 0 Å². The van der Waals surface area contributed by atoms with E-state index in [9.17, 15) is 0 Å². The molecule has 0 amide bonds. The summed E-state index contributed by atoms with van der Waals surface area (Å²) in [5.41, 5.74) is 1.25. The monoisotopic (exact) mass is 316 g/mol. The van der Waals surface area contributed by atoms with E-state index in [0.717, 1.165) is 16.0 Å². The van der Waals surface area contributed by atoms with Gasteiger partial charge in [-0.3, -0.25) is 0 Å². The van der Waals surface area contributed by atoms with Crippen LogP contribution >= 0.6 is 27.5 Å². The number of halogens is 2. The van der Waals surface area contributed by atoms with Crippen molar-refractivity contribution in [3.05, 3.63) is 33.3 Å². The van der Waals surface area contributed by atoms with E-state index in [1.54, 1.807) is 0 Å². The lowest BCUT2D eigenvalue weighted by atomic mass is 10.1. The van der Waals surface area contributed by atoms with Crippen LogP contribution in [0.1, 0.15) is 18.4 Å². The van der Waals surface area contributed by atoms with E-state index in [4.69, 9.17) is 11.6 Å². The van der Waals surface area contributed by atoms with Crippen LogP contribution in [0.15, 0.2) is 22.7 Å². The normalized spacial score (nSPS) is 18.5. The molecule has 94 valence electrons. The third kappa shape index (κ3) is 3.95. The number of nitrogens with zero attached hydrogens (tertiary/aromatic N) is 1. The van der Waals surface area contributed by atoms with Crippen LogP contribution in [-0.4, -0.2) is 31.1 Å². The van der Waals surface area contributed by atoms with Crippen LogP contribution in [0.25, 0.3) is 0 Å². The summed E-state index contributed by atoms with van der Waals surface area (Å²) in [6, 6.07) is 6.79. The summed E-state index contributed by atoms with van der Waals surface area (Å²) >= 11 is 9.48. The highest BCUT2D eigenvalue weighted by molar-refractivity contribution is 9.10. The van der Waals surface area contributed by atoms with E-state index in [0.29, 0.717) is 6.04 Å². The maximum atomic E-state index is 6.07. The molecule has 0 spiro atoms. The Bertz CT molecular complexity index is 376. The minimum Gasteiger partial charge on any atom is -0.310 e. The number of nitrogens with one attached hydrogen (secondary N) is 1. The number of piperidine rings is 1. The van der Waals surface area contributed by atoms with Gasteiger partial charge >= 0.3 is 0 Å². The van der Waals surface area contributed by atoms with E-state index in [2.05, 4.69) is 39.3 Å². The second kappa shape index (κ2) is 6.19. The Hall–Kier alpha value is -0.0900. The molecule has 0 bridgehead atoms. The fraction of sp³-hybridized carbons (Fsp3) is 0.538. The van der Waals surface area contributed by atoms with Crippen LogP contribution in [0.5, 0.6) is 0 Å². The van der Waals surface area contributed by atoms with Crippen molar-refractivity contribution in [3.63, 3.8) is 0 Å². The van der Waals surface area contributed by atoms with Gasteiger partial charge in [0.25, 0.3) is 0 Å². The molecule has 0 unspecified atom stereocenters. The summed E-state index contributed by atoms with van der Waals surface area (Å²) in [6.07, 6.45) is 2.47. The molecule has 1 fully saturated rings. The molecule has 1 saturated heterocycles. The zero-order valence-electron chi connectivity index (χ0n) is 10.0. The van der Waals surface area contributed by atoms with Crippen LogP contribution in [0.3, 0.4) is 0 Å². The van der Waals surface area contributed by atoms with Crippen molar-refractivity contribution in [2.24, 2.45) is 0 Å². The fourth-order valence-corrected chi connectivity index (χ4v) is 2.57. The lowest BCUT2D eigenvalue weighted by Gasteiger charge is -2.29. The molecule has 1 heterocycles. The molecular formula is C13H18BrClN2. The number of hydrogen-bond donors (Lipinski definition) is 1. The predicted octanol–water partition coefficient (Wildman–Crippen LogP) is 3.29. The summed E-state index contributed by atoms with van der Waals surface area (Å²) in [7, 11) is 2.19. The Morgan fingerprint density at radius 2 is 2.12 bits per heavy atom. The maximum absolute atomic E-state index is 6.07. The minimum atomic E-state index is 0.647. The molecule has 0 radical (unpaired) electrons. The van der Waals surface area contributed by atoms with Crippen LogP contribution in [-0.2, 0) is 6.54 Å². The van der Waals surface area contributed by atoms with Crippen molar-refractivity contribution in [2.75, 3.05) is 20.1 Å². The molecule has 1 aromatic carbocycles. The SMILES string of the molecule is CN1CCC(NCc2ccc(Br)c(Cl)c2)CC1. The molecule has 0 aromatic heterocycles. The quantitative estimate of drug-likeness (QED) is 0.920. The Morgan fingerprint density at radius 3 is 2.76 bits per heavy atom. The molecule has 0 atom stereocenters. The van der Waals surface area contributed by atoms with Gasteiger partial charge in [0.1, 0.15) is 0 Å². The molecule has 1 aliphatic rings. The first-order chi connectivity index (χ1) is 8.15. The Balaban J connectivity index is 1.83. The molecule has 4 heteroatoms. The van der Waals surface area contributed by atoms with Gasteiger partial charge in [0.05, 0.1) is 5.02 Å². The van der Waals surface area contributed by atoms with Crippen LogP contribution in [0, 0.1) is 0 Å². The van der Waals surface area contributed by atoms with Crippen LogP contribution in [0.4, 0.5) is 0 Å². The van der Waals surface area contributed by atoms with Gasteiger partial charge in [-0.25, -0.2) is 0 Å². The summed E-state index contributed by atoms with van der Waals surface area (Å²) in [5, 5.41) is 4.39. The van der Waals surface area contributed by atoms with E-state index in [1.807, 2.05) is 12.1 Å². The van der Waals surface area contributed by atoms with Gasteiger partial charge in [-0.1, -0.05) is 17.7 Å².